The standard InChI is InChI=1S/C8H7F10I.C8H7F9.C5H7F3.C3H4F3I.CH4.H2/c1-3(6(10,11)12)4(19)2-5(9,7(13,14)15)8(16,17)18;1-4(6(9,10)11)2-3-5(7(12,13)14)8(15,16)17;1-3-4(2)5(6,7)8;1-2(7)3(4,5)6;;/h3-4H,2H2,1H3;2-5H,1H3;3-4H,1H2,2H3;2H,1H3;1H4;1H/b;3-2+;;;;/i;;;;;1+1. The summed E-state index contributed by atoms with van der Waals surface area (Å²) in [4.78, 5) is 0. The molecule has 0 N–H and O–H groups in total. The van der Waals surface area contributed by atoms with Crippen molar-refractivity contribution in [3.8, 4) is 0 Å². The molecule has 0 aliphatic heterocycles. The molecule has 0 spiro atoms. The maximum Gasteiger partial charge on any atom is 0.431 e. The molecule has 5 unspecified atom stereocenters. The van der Waals surface area contributed by atoms with E-state index in [0.717, 1.165) is 42.5 Å². The van der Waals surface area contributed by atoms with Crippen molar-refractivity contribution in [2.75, 3.05) is 0 Å². The van der Waals surface area contributed by atoms with Crippen LogP contribution in [0, 0.1) is 23.7 Å². The third-order valence-electron chi connectivity index (χ3n) is 5.57. The number of allylic oxidation sites excluding steroid dienone is 3. The van der Waals surface area contributed by atoms with Crippen LogP contribution in [0.3, 0.4) is 0 Å². The molecule has 0 saturated carbocycles. The van der Waals surface area contributed by atoms with Gasteiger partial charge in [-0.05, 0) is 6.92 Å². The molecule has 0 heterocycles. The van der Waals surface area contributed by atoms with Crippen LogP contribution in [0.5, 0.6) is 0 Å². The molecule has 0 aliphatic rings. The van der Waals surface area contributed by atoms with Crippen molar-refractivity contribution in [1.82, 2.24) is 0 Å². The van der Waals surface area contributed by atoms with Crippen molar-refractivity contribution in [3.63, 3.8) is 0 Å². The Morgan fingerprint density at radius 2 is 0.769 bits per heavy atom. The van der Waals surface area contributed by atoms with Crippen molar-refractivity contribution in [3.05, 3.63) is 24.8 Å². The van der Waals surface area contributed by atoms with Crippen LogP contribution in [-0.4, -0.2) is 62.9 Å². The second-order valence-corrected chi connectivity index (χ2v) is 13.3. The average molecular weight is 1060 g/mol. The van der Waals surface area contributed by atoms with E-state index in [1.54, 1.807) is 0 Å². The van der Waals surface area contributed by atoms with Gasteiger partial charge in [-0.2, -0.15) is 105 Å². The van der Waals surface area contributed by atoms with Crippen LogP contribution in [0.2, 0.25) is 0 Å². The van der Waals surface area contributed by atoms with Gasteiger partial charge in [0.15, 0.2) is 5.92 Å². The summed E-state index contributed by atoms with van der Waals surface area (Å²) in [6.07, 6.45) is -44.1. The fourth-order valence-corrected chi connectivity index (χ4v) is 2.98. The lowest BCUT2D eigenvalue weighted by Crippen LogP contribution is -2.55. The van der Waals surface area contributed by atoms with Crippen LogP contribution in [0.25, 0.3) is 0 Å². The molecule has 0 nitrogen and oxygen atoms in total. The molecule has 52 heavy (non-hydrogen) atoms. The summed E-state index contributed by atoms with van der Waals surface area (Å²) in [5, 5.41) is 0. The first-order chi connectivity index (χ1) is 21.7. The molecule has 27 heteroatoms. The normalized spacial score (nSPS) is 16.8. The van der Waals surface area contributed by atoms with Gasteiger partial charge in [0.2, 0.25) is 0 Å². The molecule has 0 aromatic carbocycles. The minimum absolute atomic E-state index is 0. The Balaban J connectivity index is -0.000000148. The minimum atomic E-state index is -6.33. The van der Waals surface area contributed by atoms with Gasteiger partial charge in [0, 0.05) is 11.8 Å². The first kappa shape index (κ1) is 60.4. The Bertz CT molecular complexity index is 982. The van der Waals surface area contributed by atoms with E-state index in [9.17, 15) is 110 Å². The van der Waals surface area contributed by atoms with Crippen molar-refractivity contribution in [2.45, 2.75) is 104 Å². The predicted molar refractivity (Wildman–Crippen MR) is 157 cm³/mol. The molecular weight excluding hydrogens is 1030 g/mol. The molecule has 0 radical (unpaired) electrons. The lowest BCUT2D eigenvalue weighted by molar-refractivity contribution is -0.344. The van der Waals surface area contributed by atoms with Gasteiger partial charge in [-0.3, -0.25) is 0 Å². The van der Waals surface area contributed by atoms with Crippen LogP contribution >= 0.6 is 45.2 Å². The van der Waals surface area contributed by atoms with Crippen LogP contribution in [0.4, 0.5) is 110 Å². The second kappa shape index (κ2) is 21.5. The van der Waals surface area contributed by atoms with E-state index in [-0.39, 0.29) is 14.9 Å². The van der Waals surface area contributed by atoms with Crippen molar-refractivity contribution >= 4 is 45.2 Å². The van der Waals surface area contributed by atoms with Crippen molar-refractivity contribution < 1.29 is 111 Å². The zero-order valence-corrected chi connectivity index (χ0v) is 29.6. The second-order valence-electron chi connectivity index (χ2n) is 9.85. The molecule has 0 amide bonds. The molecular formula is C25H31F25I2. The van der Waals surface area contributed by atoms with Gasteiger partial charge in [0.25, 0.3) is 5.67 Å². The third kappa shape index (κ3) is 23.9. The maximum absolute atomic E-state index is 13.2. The minimum Gasteiger partial charge on any atom is -0.224 e. The van der Waals surface area contributed by atoms with E-state index >= 15 is 0 Å². The molecule has 5 atom stereocenters. The zero-order valence-electron chi connectivity index (χ0n) is 25.3. The SMILES string of the molecule is C.C=CC(C)C(F)(F)F.CC(/C=C/C(C(F)(F)F)C(F)(F)F)C(F)(F)F.CC(C(I)CC(F)(C(F)(F)F)C(F)(F)F)C(F)(F)F.CC(I)C(F)(F)F.[2HH]. The molecule has 0 fully saturated rings. The van der Waals surface area contributed by atoms with E-state index < -0.39 is 99.1 Å². The Kier molecular flexibility index (Phi) is 25.0. The highest BCUT2D eigenvalue weighted by atomic mass is 127. The summed E-state index contributed by atoms with van der Waals surface area (Å²) in [6.45, 7) is 6.03. The van der Waals surface area contributed by atoms with E-state index in [0.29, 0.717) is 13.8 Å². The maximum atomic E-state index is 13.2. The Labute approximate surface area is 308 Å². The highest BCUT2D eigenvalue weighted by Crippen LogP contribution is 2.51. The average Bonchev–Trinajstić information content (AvgIpc) is 2.83. The molecule has 0 aliphatic carbocycles. The fraction of sp³-hybridized carbons (Fsp3) is 0.840. The van der Waals surface area contributed by atoms with Crippen LogP contribution in [0.1, 0.15) is 43.0 Å². The number of rotatable bonds is 6. The fourth-order valence-electron chi connectivity index (χ4n) is 1.97. The smallest absolute Gasteiger partial charge is 0.224 e. The van der Waals surface area contributed by atoms with Crippen LogP contribution in [-0.2, 0) is 0 Å². The molecule has 0 bridgehead atoms. The summed E-state index contributed by atoms with van der Waals surface area (Å²) in [7, 11) is 0. The molecule has 0 aromatic rings. The summed E-state index contributed by atoms with van der Waals surface area (Å²) >= 11 is 2.06. The van der Waals surface area contributed by atoms with E-state index in [4.69, 9.17) is 0 Å². The first-order valence-corrected chi connectivity index (χ1v) is 15.0. The van der Waals surface area contributed by atoms with Gasteiger partial charge in [-0.25, -0.2) is 4.39 Å². The largest absolute Gasteiger partial charge is 0.431 e. The van der Waals surface area contributed by atoms with Gasteiger partial charge < -0.3 is 0 Å². The summed E-state index contributed by atoms with van der Waals surface area (Å²) in [6, 6.07) is 0. The van der Waals surface area contributed by atoms with Crippen molar-refractivity contribution in [1.29, 1.82) is 0 Å². The Hall–Kier alpha value is -0.810. The molecule has 320 valence electrons. The summed E-state index contributed by atoms with van der Waals surface area (Å²) < 4.78 is 294. The van der Waals surface area contributed by atoms with E-state index in [1.807, 2.05) is 0 Å². The number of halogens is 27. The van der Waals surface area contributed by atoms with E-state index in [2.05, 4.69) is 6.58 Å². The van der Waals surface area contributed by atoms with Gasteiger partial charge in [-0.15, -0.1) is 6.58 Å². The Morgan fingerprint density at radius 1 is 0.481 bits per heavy atom. The van der Waals surface area contributed by atoms with Gasteiger partial charge in [-0.1, -0.05) is 91.6 Å². The third-order valence-corrected chi connectivity index (χ3v) is 7.79. The lowest BCUT2D eigenvalue weighted by Gasteiger charge is -2.33. The van der Waals surface area contributed by atoms with Gasteiger partial charge in [0.1, 0.15) is 3.92 Å². The van der Waals surface area contributed by atoms with Crippen molar-refractivity contribution in [2.24, 2.45) is 23.7 Å². The molecule has 0 aromatic heterocycles. The van der Waals surface area contributed by atoms with Gasteiger partial charge >= 0.3 is 49.4 Å². The number of hydrogen-bond donors (Lipinski definition) is 0. The predicted octanol–water partition coefficient (Wildman–Crippen LogP) is 15.3. The van der Waals surface area contributed by atoms with Crippen LogP contribution < -0.4 is 0 Å². The quantitative estimate of drug-likeness (QED) is 0.108. The van der Waals surface area contributed by atoms with E-state index in [1.165, 1.54) is 22.6 Å². The summed E-state index contributed by atoms with van der Waals surface area (Å²) in [5.41, 5.74) is -5.66. The van der Waals surface area contributed by atoms with Gasteiger partial charge in [0.05, 0.1) is 17.8 Å². The number of hydrogen-bond acceptors (Lipinski definition) is 0. The molecule has 0 saturated heterocycles. The monoisotopic (exact) mass is 1060 g/mol. The first-order valence-electron chi connectivity index (χ1n) is 12.5. The highest BCUT2D eigenvalue weighted by Gasteiger charge is 2.73. The highest BCUT2D eigenvalue weighted by molar-refractivity contribution is 14.1. The lowest BCUT2D eigenvalue weighted by atomic mass is 9.92. The summed E-state index contributed by atoms with van der Waals surface area (Å²) in [5.74, 6) is -10.2. The topological polar surface area (TPSA) is 0 Å². The van der Waals surface area contributed by atoms with Crippen LogP contribution in [0.15, 0.2) is 24.8 Å². The molecule has 0 rings (SSSR count). The number of alkyl halides is 27. The Morgan fingerprint density at radius 3 is 0.923 bits per heavy atom. The zero-order chi connectivity index (χ0) is 42.8.